The predicted molar refractivity (Wildman–Crippen MR) is 239 cm³/mol. The van der Waals surface area contributed by atoms with Gasteiger partial charge in [-0.25, -0.2) is 9.97 Å². The molecule has 0 unspecified atom stereocenters. The van der Waals surface area contributed by atoms with Crippen LogP contribution in [0.4, 0.5) is 0 Å². The fourth-order valence-corrected chi connectivity index (χ4v) is 10.7. The van der Waals surface area contributed by atoms with Crippen molar-refractivity contribution in [2.45, 2.75) is 0 Å². The summed E-state index contributed by atoms with van der Waals surface area (Å²) in [5, 5.41) is 16.2. The van der Waals surface area contributed by atoms with Gasteiger partial charge in [0.15, 0.2) is 5.82 Å². The van der Waals surface area contributed by atoms with Crippen molar-refractivity contribution in [1.29, 1.82) is 0 Å². The lowest BCUT2D eigenvalue weighted by atomic mass is 9.92. The van der Waals surface area contributed by atoms with E-state index in [1.54, 1.807) is 0 Å². The number of aromatic nitrogens is 3. The first-order valence-corrected chi connectivity index (χ1v) is 19.9. The Hall–Kier alpha value is -7.14. The van der Waals surface area contributed by atoms with Gasteiger partial charge < -0.3 is 4.57 Å². The van der Waals surface area contributed by atoms with Gasteiger partial charge in [0, 0.05) is 53.1 Å². The standard InChI is InChI=1S/C52H29N3S/c1-2-15-35-30(11-1)12-10-19-37(35)50-38-17-3-6-20-43(38)53-52(54-50)42-29-34(28-41-36-16-5-8-22-46(36)56-51(41)42)55-44-21-7-4-18-39(44)49-40-26-25-32-14-9-13-31-23-24-33(27-45(49)55)48(40)47(31)32/h1-29H. The molecule has 258 valence electrons. The van der Waals surface area contributed by atoms with Gasteiger partial charge in [-0.1, -0.05) is 140 Å². The van der Waals surface area contributed by atoms with Crippen LogP contribution >= 0.6 is 11.3 Å². The highest BCUT2D eigenvalue weighted by atomic mass is 32.1. The SMILES string of the molecule is c1ccc2c(-c3nc(-c4cc(-n5c6ccccc6c6c7ccc8cccc9ccc(cc65)c7c98)cc5c4sc4ccccc45)nc4ccccc34)cccc2c1. The van der Waals surface area contributed by atoms with Crippen LogP contribution in [0.1, 0.15) is 0 Å². The van der Waals surface area contributed by atoms with E-state index in [1.807, 2.05) is 11.3 Å². The molecule has 0 radical (unpaired) electrons. The van der Waals surface area contributed by atoms with Crippen molar-refractivity contribution < 1.29 is 0 Å². The fraction of sp³-hybridized carbons (Fsp3) is 0. The summed E-state index contributed by atoms with van der Waals surface area (Å²) in [6, 6.07) is 64.1. The zero-order valence-electron chi connectivity index (χ0n) is 30.0. The summed E-state index contributed by atoms with van der Waals surface area (Å²) in [6.07, 6.45) is 0. The van der Waals surface area contributed by atoms with Gasteiger partial charge in [-0.15, -0.1) is 11.3 Å². The third kappa shape index (κ3) is 4.11. The van der Waals surface area contributed by atoms with E-state index in [0.717, 1.165) is 39.2 Å². The van der Waals surface area contributed by atoms with Crippen molar-refractivity contribution in [1.82, 2.24) is 14.5 Å². The first-order chi connectivity index (χ1) is 27.8. The third-order valence-electron chi connectivity index (χ3n) is 11.9. The van der Waals surface area contributed by atoms with Crippen LogP contribution in [-0.4, -0.2) is 14.5 Å². The molecule has 10 aromatic carbocycles. The molecule has 0 fully saturated rings. The zero-order chi connectivity index (χ0) is 36.5. The summed E-state index contributed by atoms with van der Waals surface area (Å²) >= 11 is 1.82. The molecule has 13 aromatic rings. The second-order valence-electron chi connectivity index (χ2n) is 14.9. The smallest absolute Gasteiger partial charge is 0.161 e. The lowest BCUT2D eigenvalue weighted by molar-refractivity contribution is 1.18. The Labute approximate surface area is 324 Å². The molecule has 3 aromatic heterocycles. The summed E-state index contributed by atoms with van der Waals surface area (Å²) in [7, 11) is 0. The van der Waals surface area contributed by atoms with Gasteiger partial charge in [0.1, 0.15) is 0 Å². The number of para-hydroxylation sites is 2. The average molecular weight is 728 g/mol. The molecule has 0 saturated heterocycles. The minimum absolute atomic E-state index is 0.730. The highest BCUT2D eigenvalue weighted by Crippen LogP contribution is 2.46. The topological polar surface area (TPSA) is 30.7 Å². The quantitative estimate of drug-likeness (QED) is 0.170. The van der Waals surface area contributed by atoms with Crippen LogP contribution in [0.15, 0.2) is 176 Å². The second-order valence-corrected chi connectivity index (χ2v) is 15.9. The molecule has 0 aliphatic carbocycles. The van der Waals surface area contributed by atoms with Gasteiger partial charge in [-0.3, -0.25) is 0 Å². The van der Waals surface area contributed by atoms with E-state index in [1.165, 1.54) is 85.1 Å². The van der Waals surface area contributed by atoms with Crippen LogP contribution in [-0.2, 0) is 0 Å². The van der Waals surface area contributed by atoms with Crippen LogP contribution in [0.25, 0.3) is 124 Å². The molecular formula is C52H29N3S. The van der Waals surface area contributed by atoms with Gasteiger partial charge in [0.25, 0.3) is 0 Å². The van der Waals surface area contributed by atoms with Gasteiger partial charge in [-0.05, 0) is 79.5 Å². The summed E-state index contributed by atoms with van der Waals surface area (Å²) in [5.41, 5.74) is 7.49. The normalized spacial score (nSPS) is 12.3. The van der Waals surface area contributed by atoms with E-state index in [-0.39, 0.29) is 0 Å². The molecule has 0 N–H and O–H groups in total. The van der Waals surface area contributed by atoms with Crippen LogP contribution in [0, 0.1) is 0 Å². The predicted octanol–water partition coefficient (Wildman–Crippen LogP) is 14.5. The number of benzene rings is 10. The van der Waals surface area contributed by atoms with Crippen LogP contribution in [0.3, 0.4) is 0 Å². The number of fused-ring (bicyclic) bond motifs is 9. The summed E-state index contributed by atoms with van der Waals surface area (Å²) < 4.78 is 4.92. The molecule has 0 amide bonds. The van der Waals surface area contributed by atoms with E-state index in [2.05, 4.69) is 180 Å². The summed E-state index contributed by atoms with van der Waals surface area (Å²) in [4.78, 5) is 10.9. The number of thiophene rings is 1. The third-order valence-corrected chi connectivity index (χ3v) is 13.1. The van der Waals surface area contributed by atoms with Crippen molar-refractivity contribution in [3.63, 3.8) is 0 Å². The molecule has 0 spiro atoms. The maximum atomic E-state index is 5.54. The van der Waals surface area contributed by atoms with Gasteiger partial charge in [0.05, 0.1) is 22.2 Å². The van der Waals surface area contributed by atoms with Crippen molar-refractivity contribution in [3.05, 3.63) is 176 Å². The molecule has 0 saturated carbocycles. The van der Waals surface area contributed by atoms with Gasteiger partial charge in [-0.2, -0.15) is 0 Å². The largest absolute Gasteiger partial charge is 0.309 e. The first-order valence-electron chi connectivity index (χ1n) is 19.1. The molecule has 4 heteroatoms. The minimum atomic E-state index is 0.730. The van der Waals surface area contributed by atoms with Crippen molar-refractivity contribution >= 4 is 107 Å². The Kier molecular flexibility index (Phi) is 6.04. The number of rotatable bonds is 3. The number of nitrogens with zero attached hydrogens (tertiary/aromatic N) is 3. The van der Waals surface area contributed by atoms with E-state index in [0.29, 0.717) is 0 Å². The lowest BCUT2D eigenvalue weighted by Crippen LogP contribution is -1.99. The van der Waals surface area contributed by atoms with Gasteiger partial charge >= 0.3 is 0 Å². The van der Waals surface area contributed by atoms with Crippen LogP contribution in [0.5, 0.6) is 0 Å². The Bertz CT molecular complexity index is 3760. The van der Waals surface area contributed by atoms with E-state index in [4.69, 9.17) is 9.97 Å². The summed E-state index contributed by atoms with van der Waals surface area (Å²) in [5.74, 6) is 0.730. The number of hydrogen-bond acceptors (Lipinski definition) is 3. The maximum Gasteiger partial charge on any atom is 0.161 e. The van der Waals surface area contributed by atoms with E-state index >= 15 is 0 Å². The van der Waals surface area contributed by atoms with Gasteiger partial charge in [0.2, 0.25) is 0 Å². The minimum Gasteiger partial charge on any atom is -0.309 e. The number of hydrogen-bond donors (Lipinski definition) is 0. The molecule has 0 atom stereocenters. The van der Waals surface area contributed by atoms with Crippen molar-refractivity contribution in [2.24, 2.45) is 0 Å². The highest BCUT2D eigenvalue weighted by molar-refractivity contribution is 7.26. The Morgan fingerprint density at radius 2 is 1.09 bits per heavy atom. The summed E-state index contributed by atoms with van der Waals surface area (Å²) in [6.45, 7) is 0. The van der Waals surface area contributed by atoms with Crippen molar-refractivity contribution in [2.75, 3.05) is 0 Å². The molecule has 0 aliphatic heterocycles. The Morgan fingerprint density at radius 1 is 0.393 bits per heavy atom. The van der Waals surface area contributed by atoms with E-state index in [9.17, 15) is 0 Å². The molecule has 56 heavy (non-hydrogen) atoms. The van der Waals surface area contributed by atoms with Crippen molar-refractivity contribution in [3.8, 4) is 28.3 Å². The molecule has 13 rings (SSSR count). The molecular weight excluding hydrogens is 699 g/mol. The molecule has 3 heterocycles. The molecule has 0 aliphatic rings. The fourth-order valence-electron chi connectivity index (χ4n) is 9.48. The Morgan fingerprint density at radius 3 is 2.00 bits per heavy atom. The monoisotopic (exact) mass is 727 g/mol. The molecule has 0 bridgehead atoms. The highest BCUT2D eigenvalue weighted by Gasteiger charge is 2.22. The average Bonchev–Trinajstić information content (AvgIpc) is 3.80. The lowest BCUT2D eigenvalue weighted by Gasteiger charge is -2.15. The van der Waals surface area contributed by atoms with Crippen LogP contribution < -0.4 is 0 Å². The zero-order valence-corrected chi connectivity index (χ0v) is 30.8. The van der Waals surface area contributed by atoms with E-state index < -0.39 is 0 Å². The second kappa shape index (κ2) is 11.2. The van der Waals surface area contributed by atoms with Crippen LogP contribution in [0.2, 0.25) is 0 Å². The first kappa shape index (κ1) is 30.2. The maximum absolute atomic E-state index is 5.54. The molecule has 3 nitrogen and oxygen atoms in total. The Balaban J connectivity index is 1.16.